The number of hydrogen-bond donors (Lipinski definition) is 3. The molecule has 5 nitrogen and oxygen atoms in total. The van der Waals surface area contributed by atoms with Crippen LogP contribution >= 0.6 is 12.4 Å². The van der Waals surface area contributed by atoms with Crippen LogP contribution in [0.15, 0.2) is 24.3 Å². The predicted octanol–water partition coefficient (Wildman–Crippen LogP) is 2.45. The van der Waals surface area contributed by atoms with E-state index in [0.717, 1.165) is 11.3 Å². The zero-order chi connectivity index (χ0) is 15.9. The Hall–Kier alpha value is -1.59. The second-order valence-corrected chi connectivity index (χ2v) is 5.25. The van der Waals surface area contributed by atoms with Crippen LogP contribution in [0.4, 0.5) is 5.69 Å². The monoisotopic (exact) mass is 327 g/mol. The normalized spacial score (nSPS) is 10.5. The van der Waals surface area contributed by atoms with Crippen molar-refractivity contribution in [1.29, 1.82) is 0 Å². The van der Waals surface area contributed by atoms with Gasteiger partial charge in [-0.2, -0.15) is 0 Å². The molecule has 0 aliphatic carbocycles. The first-order valence-corrected chi connectivity index (χ1v) is 7.32. The minimum atomic E-state index is -0.505. The molecule has 0 aliphatic rings. The van der Waals surface area contributed by atoms with Crippen LogP contribution in [0.2, 0.25) is 0 Å². The minimum Gasteiger partial charge on any atom is -0.352 e. The molecule has 0 atom stereocenters. The number of carbonyl (C=O) groups excluding carboxylic acids is 2. The average molecular weight is 328 g/mol. The SMILES string of the molecule is CCC(CC)(CN)C(=O)Nc1ccc(CNC(C)=O)cc1.Cl. The van der Waals surface area contributed by atoms with Gasteiger partial charge >= 0.3 is 0 Å². The van der Waals surface area contributed by atoms with Gasteiger partial charge in [-0.25, -0.2) is 0 Å². The summed E-state index contributed by atoms with van der Waals surface area (Å²) in [6.07, 6.45) is 1.43. The zero-order valence-corrected chi connectivity index (χ0v) is 14.3. The van der Waals surface area contributed by atoms with Crippen molar-refractivity contribution >= 4 is 29.9 Å². The summed E-state index contributed by atoms with van der Waals surface area (Å²) < 4.78 is 0. The summed E-state index contributed by atoms with van der Waals surface area (Å²) in [6, 6.07) is 7.43. The van der Waals surface area contributed by atoms with Gasteiger partial charge in [-0.15, -0.1) is 12.4 Å². The molecule has 0 heterocycles. The molecule has 1 aromatic carbocycles. The first-order chi connectivity index (χ1) is 9.97. The van der Waals surface area contributed by atoms with E-state index in [1.54, 1.807) is 0 Å². The zero-order valence-electron chi connectivity index (χ0n) is 13.4. The molecule has 0 fully saturated rings. The molecule has 0 saturated heterocycles. The molecule has 4 N–H and O–H groups in total. The lowest BCUT2D eigenvalue weighted by molar-refractivity contribution is -0.125. The van der Waals surface area contributed by atoms with Crippen LogP contribution in [0.3, 0.4) is 0 Å². The summed E-state index contributed by atoms with van der Waals surface area (Å²) >= 11 is 0. The van der Waals surface area contributed by atoms with Crippen molar-refractivity contribution in [2.45, 2.75) is 40.2 Å². The second kappa shape index (κ2) is 9.43. The minimum absolute atomic E-state index is 0. The van der Waals surface area contributed by atoms with E-state index in [0.29, 0.717) is 25.9 Å². The highest BCUT2D eigenvalue weighted by Crippen LogP contribution is 2.27. The van der Waals surface area contributed by atoms with Gasteiger partial charge in [0.15, 0.2) is 0 Å². The standard InChI is InChI=1S/C16H25N3O2.ClH/c1-4-16(5-2,11-17)15(21)19-14-8-6-13(7-9-14)10-18-12(3)20;/h6-9H,4-5,10-11,17H2,1-3H3,(H,18,20)(H,19,21);1H. The van der Waals surface area contributed by atoms with Crippen molar-refractivity contribution in [2.24, 2.45) is 11.1 Å². The van der Waals surface area contributed by atoms with E-state index in [9.17, 15) is 9.59 Å². The summed E-state index contributed by atoms with van der Waals surface area (Å²) in [4.78, 5) is 23.2. The van der Waals surface area contributed by atoms with E-state index < -0.39 is 5.41 Å². The molecule has 0 bridgehead atoms. The number of benzene rings is 1. The summed E-state index contributed by atoms with van der Waals surface area (Å²) in [5.74, 6) is -0.101. The Morgan fingerprint density at radius 2 is 1.68 bits per heavy atom. The van der Waals surface area contributed by atoms with Gasteiger partial charge in [0, 0.05) is 25.7 Å². The topological polar surface area (TPSA) is 84.2 Å². The number of amides is 2. The molecule has 0 aromatic heterocycles. The van der Waals surface area contributed by atoms with Crippen LogP contribution in [-0.2, 0) is 16.1 Å². The van der Waals surface area contributed by atoms with E-state index in [4.69, 9.17) is 5.73 Å². The van der Waals surface area contributed by atoms with Crippen LogP contribution in [0, 0.1) is 5.41 Å². The quantitative estimate of drug-likeness (QED) is 0.719. The van der Waals surface area contributed by atoms with Gasteiger partial charge in [0.1, 0.15) is 0 Å². The van der Waals surface area contributed by atoms with Gasteiger partial charge in [0.2, 0.25) is 11.8 Å². The van der Waals surface area contributed by atoms with Gasteiger partial charge in [0.05, 0.1) is 5.41 Å². The summed E-state index contributed by atoms with van der Waals surface area (Å²) in [7, 11) is 0. The highest BCUT2D eigenvalue weighted by molar-refractivity contribution is 5.95. The number of hydrogen-bond acceptors (Lipinski definition) is 3. The average Bonchev–Trinajstić information content (AvgIpc) is 2.49. The maximum absolute atomic E-state index is 12.4. The number of anilines is 1. The Morgan fingerprint density at radius 3 is 2.09 bits per heavy atom. The van der Waals surface area contributed by atoms with Crippen molar-refractivity contribution < 1.29 is 9.59 Å². The van der Waals surface area contributed by atoms with Crippen LogP contribution in [-0.4, -0.2) is 18.4 Å². The van der Waals surface area contributed by atoms with E-state index >= 15 is 0 Å². The van der Waals surface area contributed by atoms with Crippen molar-refractivity contribution in [3.05, 3.63) is 29.8 Å². The molecule has 0 unspecified atom stereocenters. The molecular weight excluding hydrogens is 302 g/mol. The van der Waals surface area contributed by atoms with Gasteiger partial charge in [-0.1, -0.05) is 26.0 Å². The fourth-order valence-corrected chi connectivity index (χ4v) is 2.15. The number of carbonyl (C=O) groups is 2. The lowest BCUT2D eigenvalue weighted by Gasteiger charge is -2.28. The van der Waals surface area contributed by atoms with Crippen molar-refractivity contribution in [1.82, 2.24) is 5.32 Å². The molecule has 0 spiro atoms. The third-order valence-corrected chi connectivity index (χ3v) is 3.98. The van der Waals surface area contributed by atoms with Crippen molar-refractivity contribution in [3.8, 4) is 0 Å². The lowest BCUT2D eigenvalue weighted by atomic mass is 9.81. The Bertz CT molecular complexity index is 476. The first-order valence-electron chi connectivity index (χ1n) is 7.32. The number of nitrogens with one attached hydrogen (secondary N) is 2. The Labute approximate surface area is 138 Å². The second-order valence-electron chi connectivity index (χ2n) is 5.25. The summed E-state index contributed by atoms with van der Waals surface area (Å²) in [5, 5.41) is 5.65. The molecule has 0 aliphatic heterocycles. The third-order valence-electron chi connectivity index (χ3n) is 3.98. The van der Waals surface area contributed by atoms with Crippen molar-refractivity contribution in [3.63, 3.8) is 0 Å². The van der Waals surface area contributed by atoms with Crippen molar-refractivity contribution in [2.75, 3.05) is 11.9 Å². The van der Waals surface area contributed by atoms with Crippen LogP contribution in [0.1, 0.15) is 39.2 Å². The highest BCUT2D eigenvalue weighted by Gasteiger charge is 2.33. The van der Waals surface area contributed by atoms with Gasteiger partial charge in [-0.3, -0.25) is 9.59 Å². The van der Waals surface area contributed by atoms with Gasteiger partial charge < -0.3 is 16.4 Å². The van der Waals surface area contributed by atoms with Gasteiger partial charge in [0.25, 0.3) is 0 Å². The first kappa shape index (κ1) is 20.4. The molecular formula is C16H26ClN3O2. The van der Waals surface area contributed by atoms with E-state index in [-0.39, 0.29) is 24.2 Å². The molecule has 124 valence electrons. The fraction of sp³-hybridized carbons (Fsp3) is 0.500. The smallest absolute Gasteiger partial charge is 0.231 e. The lowest BCUT2D eigenvalue weighted by Crippen LogP contribution is -2.41. The molecule has 0 saturated carbocycles. The van der Waals surface area contributed by atoms with E-state index in [1.807, 2.05) is 38.1 Å². The summed E-state index contributed by atoms with van der Waals surface area (Å²) in [6.45, 7) is 6.27. The molecule has 1 rings (SSSR count). The van der Waals surface area contributed by atoms with Crippen LogP contribution in [0.5, 0.6) is 0 Å². The molecule has 1 aromatic rings. The van der Waals surface area contributed by atoms with Crippen LogP contribution < -0.4 is 16.4 Å². The number of nitrogens with two attached hydrogens (primary N) is 1. The Kier molecular flexibility index (Phi) is 8.75. The molecule has 22 heavy (non-hydrogen) atoms. The predicted molar refractivity (Wildman–Crippen MR) is 91.9 cm³/mol. The van der Waals surface area contributed by atoms with E-state index in [2.05, 4.69) is 10.6 Å². The van der Waals surface area contributed by atoms with Crippen LogP contribution in [0.25, 0.3) is 0 Å². The Balaban J connectivity index is 0.00000441. The highest BCUT2D eigenvalue weighted by atomic mass is 35.5. The molecule has 6 heteroatoms. The van der Waals surface area contributed by atoms with E-state index in [1.165, 1.54) is 6.92 Å². The number of rotatable bonds is 7. The summed E-state index contributed by atoms with van der Waals surface area (Å²) in [5.41, 5.74) is 7.00. The molecule has 0 radical (unpaired) electrons. The largest absolute Gasteiger partial charge is 0.352 e. The number of halogens is 1. The maximum Gasteiger partial charge on any atom is 0.231 e. The third kappa shape index (κ3) is 5.31. The van der Waals surface area contributed by atoms with Gasteiger partial charge in [-0.05, 0) is 30.5 Å². The molecule has 2 amide bonds. The maximum atomic E-state index is 12.4. The Morgan fingerprint density at radius 1 is 1.14 bits per heavy atom. The fourth-order valence-electron chi connectivity index (χ4n) is 2.15.